The second-order valence-corrected chi connectivity index (χ2v) is 7.25. The summed E-state index contributed by atoms with van der Waals surface area (Å²) in [6.45, 7) is 5.39. The van der Waals surface area contributed by atoms with Crippen molar-refractivity contribution in [2.24, 2.45) is 7.05 Å². The molecule has 1 amide bonds. The zero-order valence-electron chi connectivity index (χ0n) is 16.6. The van der Waals surface area contributed by atoms with Crippen molar-refractivity contribution in [1.82, 2.24) is 19.8 Å². The molecule has 0 aliphatic carbocycles. The normalized spacial score (nSPS) is 13.8. The predicted octanol–water partition coefficient (Wildman–Crippen LogP) is 2.52. The third kappa shape index (κ3) is 5.62. The van der Waals surface area contributed by atoms with Gasteiger partial charge in [0.25, 0.3) is 12.4 Å². The summed E-state index contributed by atoms with van der Waals surface area (Å²) in [4.78, 5) is 27.6. The number of carbonyl (C=O) groups excluding carboxylic acids is 1. The molecular weight excluding hydrogens is 380 g/mol. The van der Waals surface area contributed by atoms with Gasteiger partial charge >= 0.3 is 0 Å². The summed E-state index contributed by atoms with van der Waals surface area (Å²) in [7, 11) is 1.95. The monoisotopic (exact) mass is 408 g/mol. The summed E-state index contributed by atoms with van der Waals surface area (Å²) >= 11 is 1.59. The maximum absolute atomic E-state index is 12.5. The lowest BCUT2D eigenvalue weighted by Gasteiger charge is -2.13. The Labute approximate surface area is 169 Å². The molecule has 1 saturated heterocycles. The maximum atomic E-state index is 12.5. The first-order chi connectivity index (χ1) is 13.5. The third-order valence-electron chi connectivity index (χ3n) is 4.69. The van der Waals surface area contributed by atoms with Gasteiger partial charge in [0.05, 0.1) is 18.4 Å². The van der Waals surface area contributed by atoms with Gasteiger partial charge in [0.15, 0.2) is 10.9 Å². The molecule has 3 heterocycles. The smallest absolute Gasteiger partial charge is 0.290 e. The number of hydrogen-bond acceptors (Lipinski definition) is 6. The van der Waals surface area contributed by atoms with Gasteiger partial charge < -0.3 is 19.4 Å². The highest BCUT2D eigenvalue weighted by Gasteiger charge is 2.19. The zero-order valence-corrected chi connectivity index (χ0v) is 17.4. The predicted molar refractivity (Wildman–Crippen MR) is 107 cm³/mol. The first kappa shape index (κ1) is 22.0. The van der Waals surface area contributed by atoms with Crippen molar-refractivity contribution in [2.75, 3.05) is 19.3 Å². The number of carbonyl (C=O) groups is 2. The van der Waals surface area contributed by atoms with Crippen LogP contribution >= 0.6 is 11.8 Å². The minimum Gasteiger partial charge on any atom is -0.483 e. The maximum Gasteiger partial charge on any atom is 0.290 e. The molecule has 2 aromatic rings. The average Bonchev–Trinajstić information content (AvgIpc) is 3.41. The van der Waals surface area contributed by atoms with Crippen LogP contribution in [0.5, 0.6) is 0 Å². The van der Waals surface area contributed by atoms with E-state index >= 15 is 0 Å². The topological polar surface area (TPSA) is 101 Å². The van der Waals surface area contributed by atoms with Crippen LogP contribution in [0.2, 0.25) is 0 Å². The van der Waals surface area contributed by atoms with E-state index < -0.39 is 0 Å². The number of carboxylic acid groups (broad SMARTS) is 1. The summed E-state index contributed by atoms with van der Waals surface area (Å²) in [5, 5.41) is 10.8. The molecule has 2 aromatic heterocycles. The highest BCUT2D eigenvalue weighted by Crippen LogP contribution is 2.21. The number of hydrogen-bond donors (Lipinski definition) is 2. The van der Waals surface area contributed by atoms with E-state index in [1.54, 1.807) is 18.0 Å². The molecule has 0 unspecified atom stereocenters. The standard InChI is InChI=1S/C18H26N4O2S.CH2O2/c1-4-15-13(12-22-7-5-6-8-22)9-16(24-15)17(23)19-10-14-11-20-18(25-3)21(14)2;2-1-3/h9,11H,4-8,10,12H2,1-3H3,(H,19,23);1H,(H,2,3). The van der Waals surface area contributed by atoms with Crippen LogP contribution in [0.3, 0.4) is 0 Å². The Bertz CT molecular complexity index is 781. The molecule has 0 bridgehead atoms. The van der Waals surface area contributed by atoms with Crippen molar-refractivity contribution in [3.05, 3.63) is 35.0 Å². The largest absolute Gasteiger partial charge is 0.483 e. The Morgan fingerprint density at radius 1 is 1.43 bits per heavy atom. The van der Waals surface area contributed by atoms with Crippen molar-refractivity contribution in [1.29, 1.82) is 0 Å². The molecule has 1 aliphatic heterocycles. The van der Waals surface area contributed by atoms with Crippen LogP contribution in [0.25, 0.3) is 0 Å². The van der Waals surface area contributed by atoms with Crippen LogP contribution in [-0.2, 0) is 31.4 Å². The van der Waals surface area contributed by atoms with Crippen molar-refractivity contribution in [2.45, 2.75) is 44.4 Å². The number of likely N-dealkylation sites (tertiary alicyclic amines) is 1. The molecule has 0 spiro atoms. The van der Waals surface area contributed by atoms with E-state index in [2.05, 4.69) is 22.1 Å². The van der Waals surface area contributed by atoms with Gasteiger partial charge in [-0.3, -0.25) is 14.5 Å². The number of amides is 1. The SMILES string of the molecule is CCc1oc(C(=O)NCc2cnc(SC)n2C)cc1CN1CCCC1.O=CO. The fourth-order valence-corrected chi connectivity index (χ4v) is 3.78. The minimum absolute atomic E-state index is 0.172. The second-order valence-electron chi connectivity index (χ2n) is 6.48. The van der Waals surface area contributed by atoms with Gasteiger partial charge in [0.1, 0.15) is 5.76 Å². The van der Waals surface area contributed by atoms with Crippen LogP contribution in [-0.4, -0.2) is 51.3 Å². The zero-order chi connectivity index (χ0) is 20.5. The molecule has 0 aromatic carbocycles. The Kier molecular flexibility index (Phi) is 8.59. The van der Waals surface area contributed by atoms with Crippen LogP contribution < -0.4 is 5.32 Å². The minimum atomic E-state index is -0.250. The molecule has 0 radical (unpaired) electrons. The van der Waals surface area contributed by atoms with Crippen LogP contribution in [0.15, 0.2) is 21.8 Å². The van der Waals surface area contributed by atoms with E-state index in [0.717, 1.165) is 48.2 Å². The fourth-order valence-electron chi connectivity index (χ4n) is 3.23. The van der Waals surface area contributed by atoms with E-state index in [-0.39, 0.29) is 12.4 Å². The van der Waals surface area contributed by atoms with Gasteiger partial charge in [-0.1, -0.05) is 18.7 Å². The summed E-state index contributed by atoms with van der Waals surface area (Å²) in [6.07, 6.45) is 7.10. The van der Waals surface area contributed by atoms with E-state index in [0.29, 0.717) is 12.3 Å². The van der Waals surface area contributed by atoms with Crippen LogP contribution in [0.1, 0.15) is 47.3 Å². The fraction of sp³-hybridized carbons (Fsp3) is 0.526. The molecule has 154 valence electrons. The number of imidazole rings is 1. The lowest BCUT2D eigenvalue weighted by molar-refractivity contribution is -0.122. The van der Waals surface area contributed by atoms with E-state index in [1.807, 2.05) is 23.9 Å². The van der Waals surface area contributed by atoms with Crippen LogP contribution in [0.4, 0.5) is 0 Å². The van der Waals surface area contributed by atoms with Gasteiger partial charge in [-0.15, -0.1) is 0 Å². The number of furan rings is 1. The molecule has 1 fully saturated rings. The quantitative estimate of drug-likeness (QED) is 0.536. The number of nitrogens with one attached hydrogen (secondary N) is 1. The Morgan fingerprint density at radius 2 is 2.11 bits per heavy atom. The summed E-state index contributed by atoms with van der Waals surface area (Å²) in [5.41, 5.74) is 2.11. The van der Waals surface area contributed by atoms with Gasteiger partial charge in [-0.25, -0.2) is 4.98 Å². The van der Waals surface area contributed by atoms with Crippen molar-refractivity contribution >= 4 is 24.1 Å². The average molecular weight is 409 g/mol. The van der Waals surface area contributed by atoms with Crippen molar-refractivity contribution < 1.29 is 19.1 Å². The van der Waals surface area contributed by atoms with Gasteiger partial charge in [0.2, 0.25) is 0 Å². The number of aromatic nitrogens is 2. The lowest BCUT2D eigenvalue weighted by atomic mass is 10.2. The van der Waals surface area contributed by atoms with Crippen molar-refractivity contribution in [3.8, 4) is 0 Å². The molecule has 9 heteroatoms. The molecule has 3 rings (SSSR count). The highest BCUT2D eigenvalue weighted by molar-refractivity contribution is 7.98. The summed E-state index contributed by atoms with van der Waals surface area (Å²) in [6, 6.07) is 1.91. The highest BCUT2D eigenvalue weighted by atomic mass is 32.2. The van der Waals surface area contributed by atoms with Gasteiger partial charge in [-0.05, 0) is 38.3 Å². The van der Waals surface area contributed by atoms with Gasteiger partial charge in [-0.2, -0.15) is 0 Å². The third-order valence-corrected chi connectivity index (χ3v) is 5.43. The molecule has 0 atom stereocenters. The lowest BCUT2D eigenvalue weighted by Crippen LogP contribution is -2.23. The molecule has 28 heavy (non-hydrogen) atoms. The summed E-state index contributed by atoms with van der Waals surface area (Å²) < 4.78 is 7.81. The Balaban J connectivity index is 0.000000878. The number of aryl methyl sites for hydroxylation is 1. The molecule has 0 saturated carbocycles. The Hall–Kier alpha value is -2.26. The van der Waals surface area contributed by atoms with Crippen molar-refractivity contribution in [3.63, 3.8) is 0 Å². The van der Waals surface area contributed by atoms with Crippen LogP contribution in [0, 0.1) is 0 Å². The molecule has 2 N–H and O–H groups in total. The number of nitrogens with zero attached hydrogens (tertiary/aromatic N) is 3. The van der Waals surface area contributed by atoms with E-state index in [9.17, 15) is 4.79 Å². The first-order valence-electron chi connectivity index (χ1n) is 9.28. The first-order valence-corrected chi connectivity index (χ1v) is 10.5. The number of thioether (sulfide) groups is 1. The second kappa shape index (κ2) is 10.9. The summed E-state index contributed by atoms with van der Waals surface area (Å²) in [5.74, 6) is 1.15. The number of rotatable bonds is 7. The van der Waals surface area contributed by atoms with Gasteiger partial charge in [0, 0.05) is 25.6 Å². The molecule has 1 aliphatic rings. The molecular formula is C19H28N4O4S. The van der Waals surface area contributed by atoms with E-state index in [1.165, 1.54) is 12.8 Å². The Morgan fingerprint density at radius 3 is 2.68 bits per heavy atom. The van der Waals surface area contributed by atoms with E-state index in [4.69, 9.17) is 14.3 Å². The molecule has 8 nitrogen and oxygen atoms in total.